The van der Waals surface area contributed by atoms with Crippen molar-refractivity contribution in [2.24, 2.45) is 5.16 Å². The minimum atomic E-state index is -2.26. The third-order valence-corrected chi connectivity index (χ3v) is 3.20. The van der Waals surface area contributed by atoms with E-state index < -0.39 is 55.5 Å². The number of carbonyl (C=O) groups is 1. The molecule has 0 heterocycles. The molecule has 0 unspecified atom stereocenters. The zero-order valence-corrected chi connectivity index (χ0v) is 13.8. The van der Waals surface area contributed by atoms with Crippen molar-refractivity contribution in [3.05, 3.63) is 34.6 Å². The third-order valence-electron chi connectivity index (χ3n) is 2.41. The Bertz CT molecular complexity index is 629. The minimum absolute atomic E-state index is 0.253. The van der Waals surface area contributed by atoms with Crippen molar-refractivity contribution in [1.82, 2.24) is 0 Å². The van der Waals surface area contributed by atoms with Gasteiger partial charge >= 0.3 is 5.97 Å². The van der Waals surface area contributed by atoms with Crippen LogP contribution >= 0.6 is 0 Å². The van der Waals surface area contributed by atoms with Crippen LogP contribution in [0.25, 0.3) is 0 Å². The van der Waals surface area contributed by atoms with Gasteiger partial charge in [0.25, 0.3) is 0 Å². The van der Waals surface area contributed by atoms with Gasteiger partial charge in [0.1, 0.15) is 6.61 Å². The van der Waals surface area contributed by atoms with Gasteiger partial charge in [-0.1, -0.05) is 5.16 Å². The van der Waals surface area contributed by atoms with E-state index in [4.69, 9.17) is 4.43 Å². The largest absolute Gasteiger partial charge is 0.515 e. The zero-order valence-electron chi connectivity index (χ0n) is 12.8. The van der Waals surface area contributed by atoms with Crippen molar-refractivity contribution in [1.29, 1.82) is 0 Å². The van der Waals surface area contributed by atoms with Gasteiger partial charge in [-0.25, -0.2) is 26.7 Å². The van der Waals surface area contributed by atoms with Gasteiger partial charge < -0.3 is 9.26 Å². The molecule has 0 atom stereocenters. The second-order valence-electron chi connectivity index (χ2n) is 5.50. The number of hydrogen-bond donors (Lipinski definition) is 0. The Labute approximate surface area is 130 Å². The highest BCUT2D eigenvalue weighted by Crippen LogP contribution is 2.23. The second-order valence-corrected chi connectivity index (χ2v) is 9.93. The van der Waals surface area contributed by atoms with Crippen LogP contribution in [-0.2, 0) is 20.7 Å². The summed E-state index contributed by atoms with van der Waals surface area (Å²) in [5, 5.41) is 3.26. The average Bonchev–Trinajstić information content (AvgIpc) is 2.44. The minimum Gasteiger partial charge on any atom is -0.515 e. The second kappa shape index (κ2) is 7.07. The summed E-state index contributed by atoms with van der Waals surface area (Å²) in [6.07, 6.45) is 0. The summed E-state index contributed by atoms with van der Waals surface area (Å²) in [7, 11) is -2.17. The lowest BCUT2D eigenvalue weighted by atomic mass is 10.2. The van der Waals surface area contributed by atoms with E-state index in [9.17, 15) is 26.7 Å². The quantitative estimate of drug-likeness (QED) is 0.202. The molecule has 10 heteroatoms. The van der Waals surface area contributed by atoms with Crippen LogP contribution in [0, 0.1) is 29.1 Å². The lowest BCUT2D eigenvalue weighted by Gasteiger charge is -2.16. The molecular weight excluding hydrogens is 341 g/mol. The predicted octanol–water partition coefficient (Wildman–Crippen LogP) is 3.65. The molecule has 0 aliphatic carbocycles. The summed E-state index contributed by atoms with van der Waals surface area (Å²) in [4.78, 5) is 16.1. The normalized spacial score (nSPS) is 12.3. The Morgan fingerprint density at radius 3 is 1.83 bits per heavy atom. The molecule has 0 fully saturated rings. The monoisotopic (exact) mass is 355 g/mol. The summed E-state index contributed by atoms with van der Waals surface area (Å²) >= 11 is 0. The molecular formula is C13H14F5NO3Si. The van der Waals surface area contributed by atoms with E-state index in [0.717, 1.165) is 0 Å². The fourth-order valence-corrected chi connectivity index (χ4v) is 2.06. The molecule has 0 saturated heterocycles. The van der Waals surface area contributed by atoms with E-state index >= 15 is 0 Å². The molecule has 4 nitrogen and oxygen atoms in total. The van der Waals surface area contributed by atoms with Crippen LogP contribution in [0.15, 0.2) is 5.16 Å². The lowest BCUT2D eigenvalue weighted by molar-refractivity contribution is -0.127. The maximum atomic E-state index is 13.4. The van der Waals surface area contributed by atoms with Gasteiger partial charge in [0.15, 0.2) is 29.0 Å². The van der Waals surface area contributed by atoms with E-state index in [0.29, 0.717) is 0 Å². The Balaban J connectivity index is 2.88. The van der Waals surface area contributed by atoms with E-state index in [1.165, 1.54) is 6.92 Å². The van der Waals surface area contributed by atoms with Gasteiger partial charge in [-0.3, -0.25) is 0 Å². The Morgan fingerprint density at radius 1 is 0.957 bits per heavy atom. The summed E-state index contributed by atoms with van der Waals surface area (Å²) in [5.74, 6) is -11.2. The summed E-state index contributed by atoms with van der Waals surface area (Å²) in [6.45, 7) is 5.42. The van der Waals surface area contributed by atoms with Gasteiger partial charge in [0.05, 0.1) is 5.56 Å². The molecule has 0 radical (unpaired) electrons. The van der Waals surface area contributed by atoms with Gasteiger partial charge in [-0.15, -0.1) is 0 Å². The molecule has 0 bridgehead atoms. The molecule has 23 heavy (non-hydrogen) atoms. The smallest absolute Gasteiger partial charge is 0.342 e. The highest BCUT2D eigenvalue weighted by atomic mass is 28.4. The van der Waals surface area contributed by atoms with Crippen LogP contribution in [0.2, 0.25) is 19.6 Å². The Morgan fingerprint density at radius 2 is 1.39 bits per heavy atom. The fraction of sp³-hybridized carbons (Fsp3) is 0.385. The first-order chi connectivity index (χ1) is 10.5. The van der Waals surface area contributed by atoms with Crippen molar-refractivity contribution in [2.45, 2.75) is 33.2 Å². The highest BCUT2D eigenvalue weighted by Gasteiger charge is 2.26. The number of benzene rings is 1. The molecule has 0 amide bonds. The van der Waals surface area contributed by atoms with Crippen molar-refractivity contribution >= 4 is 20.0 Å². The van der Waals surface area contributed by atoms with Crippen LogP contribution in [0.5, 0.6) is 0 Å². The standard InChI is InChI=1S/C13H14F5NO3Si/c1-6(13(20)22-23(2,3)4)19-21-5-7-8(14)10(16)12(18)11(17)9(7)15/h5H2,1-4H3. The van der Waals surface area contributed by atoms with E-state index in [1.54, 1.807) is 19.6 Å². The molecule has 0 aliphatic heterocycles. The van der Waals surface area contributed by atoms with Crippen molar-refractivity contribution in [2.75, 3.05) is 0 Å². The molecule has 0 aromatic heterocycles. The first kappa shape index (κ1) is 19.1. The molecule has 1 aromatic carbocycles. The van der Waals surface area contributed by atoms with Crippen LogP contribution in [0.4, 0.5) is 22.0 Å². The molecule has 128 valence electrons. The van der Waals surface area contributed by atoms with Crippen LogP contribution in [0.3, 0.4) is 0 Å². The third kappa shape index (κ3) is 4.75. The number of rotatable bonds is 5. The van der Waals surface area contributed by atoms with Crippen LogP contribution < -0.4 is 0 Å². The number of carbonyl (C=O) groups excluding carboxylic acids is 1. The Hall–Kier alpha value is -1.97. The van der Waals surface area contributed by atoms with E-state index in [2.05, 4.69) is 9.99 Å². The zero-order chi connectivity index (χ0) is 17.9. The molecule has 0 aliphatic rings. The molecule has 0 spiro atoms. The average molecular weight is 355 g/mol. The molecule has 1 aromatic rings. The predicted molar refractivity (Wildman–Crippen MR) is 73.6 cm³/mol. The summed E-state index contributed by atoms with van der Waals surface area (Å²) < 4.78 is 70.6. The number of oxime groups is 1. The van der Waals surface area contributed by atoms with Crippen molar-refractivity contribution in [3.8, 4) is 0 Å². The molecule has 0 N–H and O–H groups in total. The molecule has 0 saturated carbocycles. The summed E-state index contributed by atoms with van der Waals surface area (Å²) in [5.41, 5.74) is -1.44. The number of hydrogen-bond acceptors (Lipinski definition) is 4. The molecule has 1 rings (SSSR count). The van der Waals surface area contributed by atoms with Gasteiger partial charge in [0, 0.05) is 0 Å². The fourth-order valence-electron chi connectivity index (χ4n) is 1.36. The topological polar surface area (TPSA) is 47.9 Å². The van der Waals surface area contributed by atoms with Crippen molar-refractivity contribution in [3.63, 3.8) is 0 Å². The van der Waals surface area contributed by atoms with Crippen LogP contribution in [0.1, 0.15) is 12.5 Å². The first-order valence-corrected chi connectivity index (χ1v) is 9.76. The number of halogens is 5. The highest BCUT2D eigenvalue weighted by molar-refractivity contribution is 6.72. The number of nitrogens with zero attached hydrogens (tertiary/aromatic N) is 1. The maximum Gasteiger partial charge on any atom is 0.342 e. The van der Waals surface area contributed by atoms with Crippen LogP contribution in [-0.4, -0.2) is 20.0 Å². The first-order valence-electron chi connectivity index (χ1n) is 6.36. The Kier molecular flexibility index (Phi) is 5.86. The van der Waals surface area contributed by atoms with Gasteiger partial charge in [0.2, 0.25) is 14.1 Å². The maximum absolute atomic E-state index is 13.4. The van der Waals surface area contributed by atoms with E-state index in [-0.39, 0.29) is 5.71 Å². The lowest BCUT2D eigenvalue weighted by Crippen LogP contribution is -2.32. The van der Waals surface area contributed by atoms with Gasteiger partial charge in [-0.2, -0.15) is 0 Å². The van der Waals surface area contributed by atoms with Crippen molar-refractivity contribution < 1.29 is 36.0 Å². The summed E-state index contributed by atoms with van der Waals surface area (Å²) in [6, 6.07) is 0. The SMILES string of the molecule is CC(=NOCc1c(F)c(F)c(F)c(F)c1F)C(=O)O[Si](C)(C)C. The van der Waals surface area contributed by atoms with Gasteiger partial charge in [-0.05, 0) is 26.6 Å². The van der Waals surface area contributed by atoms with E-state index in [1.807, 2.05) is 0 Å².